The first-order valence-corrected chi connectivity index (χ1v) is 10.7. The summed E-state index contributed by atoms with van der Waals surface area (Å²) in [7, 11) is 0. The van der Waals surface area contributed by atoms with E-state index in [0.717, 1.165) is 24.3 Å². The van der Waals surface area contributed by atoms with Gasteiger partial charge in [-0.15, -0.1) is 0 Å². The number of nitrogens with one attached hydrogen (secondary N) is 2. The standard InChI is InChI=1S/C24H22ClF4N5O/c1-12-2-3-13(6-19(12)28)21(30)11-22(31)33-24(32-17-9-15(25)8-16(26)10-17)34-23(35)14-4-5-18(27)20(29)7-14/h2-10,21-22H,11,30-31H2,1H3,(H2,32,33,34,35). The van der Waals surface area contributed by atoms with Crippen molar-refractivity contribution in [3.8, 4) is 0 Å². The third-order valence-electron chi connectivity index (χ3n) is 4.95. The van der Waals surface area contributed by atoms with Gasteiger partial charge in [-0.3, -0.25) is 10.1 Å². The van der Waals surface area contributed by atoms with E-state index in [2.05, 4.69) is 15.6 Å². The molecule has 3 aromatic carbocycles. The first-order chi connectivity index (χ1) is 16.5. The number of halogens is 5. The molecule has 3 rings (SSSR count). The SMILES string of the molecule is Cc1ccc(C(N)CC(N)N=C(NC(=O)c2ccc(F)c(F)c2)Nc2cc(F)cc(Cl)c2)cc1F. The van der Waals surface area contributed by atoms with E-state index in [1.165, 1.54) is 12.1 Å². The van der Waals surface area contributed by atoms with Crippen LogP contribution in [-0.4, -0.2) is 18.0 Å². The van der Waals surface area contributed by atoms with Crippen LogP contribution < -0.4 is 22.1 Å². The average Bonchev–Trinajstić information content (AvgIpc) is 2.76. The lowest BCUT2D eigenvalue weighted by Crippen LogP contribution is -2.38. The molecule has 11 heteroatoms. The van der Waals surface area contributed by atoms with Gasteiger partial charge < -0.3 is 16.8 Å². The van der Waals surface area contributed by atoms with Gasteiger partial charge in [-0.25, -0.2) is 22.6 Å². The second-order valence-electron chi connectivity index (χ2n) is 7.76. The van der Waals surface area contributed by atoms with Crippen LogP contribution in [0.1, 0.15) is 33.9 Å². The lowest BCUT2D eigenvalue weighted by atomic mass is 10.0. The number of rotatable bonds is 6. The smallest absolute Gasteiger partial charge is 0.258 e. The zero-order chi connectivity index (χ0) is 25.7. The lowest BCUT2D eigenvalue weighted by Gasteiger charge is -2.18. The van der Waals surface area contributed by atoms with Crippen molar-refractivity contribution in [3.63, 3.8) is 0 Å². The van der Waals surface area contributed by atoms with Crippen molar-refractivity contribution < 1.29 is 22.4 Å². The molecule has 0 saturated carbocycles. The molecule has 0 fully saturated rings. The number of hydrogen-bond acceptors (Lipinski definition) is 4. The first kappa shape index (κ1) is 26.1. The van der Waals surface area contributed by atoms with E-state index < -0.39 is 41.4 Å². The summed E-state index contributed by atoms with van der Waals surface area (Å²) >= 11 is 5.88. The minimum absolute atomic E-state index is 0.0542. The molecule has 2 unspecified atom stereocenters. The highest BCUT2D eigenvalue weighted by Gasteiger charge is 2.17. The summed E-state index contributed by atoms with van der Waals surface area (Å²) in [5.74, 6) is -4.47. The van der Waals surface area contributed by atoms with Gasteiger partial charge in [-0.05, 0) is 60.5 Å². The summed E-state index contributed by atoms with van der Waals surface area (Å²) in [6.07, 6.45) is -0.940. The number of guanidine groups is 1. The van der Waals surface area contributed by atoms with Gasteiger partial charge in [0, 0.05) is 28.7 Å². The Morgan fingerprint density at radius 1 is 0.971 bits per heavy atom. The minimum atomic E-state index is -1.21. The molecule has 2 atom stereocenters. The Morgan fingerprint density at radius 2 is 1.71 bits per heavy atom. The summed E-state index contributed by atoms with van der Waals surface area (Å²) in [5, 5.41) is 5.16. The Kier molecular flexibility index (Phi) is 8.44. The molecular formula is C24H22ClF4N5O. The second-order valence-corrected chi connectivity index (χ2v) is 8.20. The third kappa shape index (κ3) is 7.25. The Morgan fingerprint density at radius 3 is 2.37 bits per heavy atom. The van der Waals surface area contributed by atoms with Gasteiger partial charge in [-0.2, -0.15) is 0 Å². The van der Waals surface area contributed by atoms with Gasteiger partial charge in [-0.1, -0.05) is 23.7 Å². The molecule has 0 aromatic heterocycles. The van der Waals surface area contributed by atoms with Crippen LogP contribution in [-0.2, 0) is 0 Å². The zero-order valence-electron chi connectivity index (χ0n) is 18.5. The predicted molar refractivity (Wildman–Crippen MR) is 127 cm³/mol. The van der Waals surface area contributed by atoms with E-state index in [1.807, 2.05) is 0 Å². The zero-order valence-corrected chi connectivity index (χ0v) is 19.2. The molecule has 6 nitrogen and oxygen atoms in total. The van der Waals surface area contributed by atoms with Crippen LogP contribution in [0, 0.1) is 30.2 Å². The topological polar surface area (TPSA) is 106 Å². The van der Waals surface area contributed by atoms with E-state index in [9.17, 15) is 22.4 Å². The van der Waals surface area contributed by atoms with Crippen molar-refractivity contribution in [3.05, 3.63) is 99.6 Å². The van der Waals surface area contributed by atoms with Gasteiger partial charge in [0.25, 0.3) is 5.91 Å². The number of aliphatic imine (C=N–C) groups is 1. The largest absolute Gasteiger partial charge is 0.326 e. The van der Waals surface area contributed by atoms with Crippen molar-refractivity contribution in [2.24, 2.45) is 16.5 Å². The molecule has 0 bridgehead atoms. The van der Waals surface area contributed by atoms with Crippen molar-refractivity contribution in [1.29, 1.82) is 0 Å². The number of hydrogen-bond donors (Lipinski definition) is 4. The summed E-state index contributed by atoms with van der Waals surface area (Å²) in [4.78, 5) is 16.8. The monoisotopic (exact) mass is 507 g/mol. The van der Waals surface area contributed by atoms with Crippen LogP contribution in [0.15, 0.2) is 59.6 Å². The molecule has 0 spiro atoms. The van der Waals surface area contributed by atoms with Gasteiger partial charge >= 0.3 is 0 Å². The van der Waals surface area contributed by atoms with Crippen LogP contribution in [0.4, 0.5) is 23.2 Å². The van der Waals surface area contributed by atoms with Crippen LogP contribution in [0.25, 0.3) is 0 Å². The number of carbonyl (C=O) groups excluding carboxylic acids is 1. The maximum atomic E-state index is 13.9. The molecule has 6 N–H and O–H groups in total. The number of nitrogens with zero attached hydrogens (tertiary/aromatic N) is 1. The highest BCUT2D eigenvalue weighted by molar-refractivity contribution is 6.31. The Balaban J connectivity index is 1.84. The quantitative estimate of drug-likeness (QED) is 0.219. The lowest BCUT2D eigenvalue weighted by molar-refractivity contribution is 0.0976. The molecular weight excluding hydrogens is 486 g/mol. The highest BCUT2D eigenvalue weighted by atomic mass is 35.5. The predicted octanol–water partition coefficient (Wildman–Crippen LogP) is 4.78. The van der Waals surface area contributed by atoms with Gasteiger partial charge in [0.1, 0.15) is 17.8 Å². The number of amides is 1. The molecule has 0 aliphatic rings. The summed E-state index contributed by atoms with van der Waals surface area (Å²) in [5.41, 5.74) is 13.1. The Bertz CT molecular complexity index is 1250. The fourth-order valence-electron chi connectivity index (χ4n) is 3.13. The number of nitrogens with two attached hydrogens (primary N) is 2. The molecule has 0 saturated heterocycles. The first-order valence-electron chi connectivity index (χ1n) is 10.4. The number of aryl methyl sites for hydroxylation is 1. The van der Waals surface area contributed by atoms with E-state index in [4.69, 9.17) is 23.1 Å². The number of carbonyl (C=O) groups is 1. The average molecular weight is 508 g/mol. The number of benzene rings is 3. The highest BCUT2D eigenvalue weighted by Crippen LogP contribution is 2.20. The van der Waals surface area contributed by atoms with Crippen LogP contribution in [0.2, 0.25) is 5.02 Å². The molecule has 0 aliphatic carbocycles. The van der Waals surface area contributed by atoms with E-state index in [0.29, 0.717) is 17.2 Å². The van der Waals surface area contributed by atoms with Gasteiger partial charge in [0.05, 0.1) is 0 Å². The summed E-state index contributed by atoms with van der Waals surface area (Å²) in [6.45, 7) is 1.62. The molecule has 35 heavy (non-hydrogen) atoms. The van der Waals surface area contributed by atoms with Crippen LogP contribution in [0.3, 0.4) is 0 Å². The maximum absolute atomic E-state index is 13.9. The second kappa shape index (κ2) is 11.3. The molecule has 0 radical (unpaired) electrons. The normalized spacial score (nSPS) is 13.3. The van der Waals surface area contributed by atoms with E-state index in [1.54, 1.807) is 19.1 Å². The van der Waals surface area contributed by atoms with Crippen molar-refractivity contribution >= 4 is 29.2 Å². The van der Waals surface area contributed by atoms with E-state index in [-0.39, 0.29) is 28.7 Å². The summed E-state index contributed by atoms with van der Waals surface area (Å²) < 4.78 is 54.4. The fourth-order valence-corrected chi connectivity index (χ4v) is 3.35. The Labute approximate surface area is 204 Å². The van der Waals surface area contributed by atoms with Crippen LogP contribution in [0.5, 0.6) is 0 Å². The molecule has 184 valence electrons. The molecule has 0 heterocycles. The van der Waals surface area contributed by atoms with Crippen molar-refractivity contribution in [2.75, 3.05) is 5.32 Å². The van der Waals surface area contributed by atoms with Crippen LogP contribution >= 0.6 is 11.6 Å². The van der Waals surface area contributed by atoms with Crippen molar-refractivity contribution in [1.82, 2.24) is 5.32 Å². The Hall–Kier alpha value is -3.47. The van der Waals surface area contributed by atoms with Crippen molar-refractivity contribution in [2.45, 2.75) is 25.6 Å². The third-order valence-corrected chi connectivity index (χ3v) is 5.17. The van der Waals surface area contributed by atoms with Gasteiger partial charge in [0.2, 0.25) is 5.96 Å². The maximum Gasteiger partial charge on any atom is 0.258 e. The molecule has 1 amide bonds. The molecule has 3 aromatic rings. The number of anilines is 1. The van der Waals surface area contributed by atoms with E-state index >= 15 is 0 Å². The van der Waals surface area contributed by atoms with Gasteiger partial charge in [0.15, 0.2) is 11.6 Å². The fraction of sp³-hybridized carbons (Fsp3) is 0.167. The summed E-state index contributed by atoms with van der Waals surface area (Å²) in [6, 6.07) is 10.00. The minimum Gasteiger partial charge on any atom is -0.326 e. The molecule has 0 aliphatic heterocycles.